The summed E-state index contributed by atoms with van der Waals surface area (Å²) in [6.45, 7) is 6.13. The Morgan fingerprint density at radius 2 is 2.29 bits per heavy atom. The molecule has 2 aromatic heterocycles. The Morgan fingerprint density at radius 1 is 1.47 bits per heavy atom. The Labute approximate surface area is 98.8 Å². The van der Waals surface area contributed by atoms with Crippen molar-refractivity contribution in [3.05, 3.63) is 30.5 Å². The molecule has 1 aliphatic carbocycles. The van der Waals surface area contributed by atoms with Gasteiger partial charge in [-0.05, 0) is 18.9 Å². The van der Waals surface area contributed by atoms with E-state index in [1.807, 2.05) is 11.5 Å². The van der Waals surface area contributed by atoms with Crippen LogP contribution in [0.2, 0.25) is 0 Å². The van der Waals surface area contributed by atoms with Crippen LogP contribution in [0.25, 0.3) is 11.2 Å². The number of aliphatic hydroxyl groups excluding tert-OH is 1. The fourth-order valence-corrected chi connectivity index (χ4v) is 2.36. The van der Waals surface area contributed by atoms with E-state index in [0.29, 0.717) is 0 Å². The van der Waals surface area contributed by atoms with E-state index >= 15 is 0 Å². The molecule has 3 rings (SSSR count). The lowest BCUT2D eigenvalue weighted by Crippen LogP contribution is -2.31. The van der Waals surface area contributed by atoms with E-state index in [4.69, 9.17) is 5.11 Å². The molecule has 1 saturated carbocycles. The van der Waals surface area contributed by atoms with Crippen molar-refractivity contribution < 1.29 is 5.11 Å². The zero-order valence-electron chi connectivity index (χ0n) is 9.67. The van der Waals surface area contributed by atoms with Gasteiger partial charge in [-0.25, -0.2) is 15.0 Å². The summed E-state index contributed by atoms with van der Waals surface area (Å²) in [5.41, 5.74) is 3.63. The lowest BCUT2D eigenvalue weighted by Gasteiger charge is -2.38. The van der Waals surface area contributed by atoms with Crippen LogP contribution in [0.3, 0.4) is 0 Å². The van der Waals surface area contributed by atoms with E-state index in [0.717, 1.165) is 28.9 Å². The van der Waals surface area contributed by atoms with Crippen molar-refractivity contribution in [2.75, 3.05) is 6.61 Å². The van der Waals surface area contributed by atoms with Crippen molar-refractivity contribution >= 4 is 11.2 Å². The summed E-state index contributed by atoms with van der Waals surface area (Å²) >= 11 is 0. The van der Waals surface area contributed by atoms with Crippen LogP contribution in [0.1, 0.15) is 18.2 Å². The normalized spacial score (nSPS) is 24.0. The Hall–Kier alpha value is -1.75. The molecular weight excluding hydrogens is 216 g/mol. The van der Waals surface area contributed by atoms with Gasteiger partial charge in [-0.3, -0.25) is 0 Å². The third-order valence-corrected chi connectivity index (χ3v) is 3.56. The van der Waals surface area contributed by atoms with Gasteiger partial charge in [-0.2, -0.15) is 0 Å². The maximum atomic E-state index is 9.12. The molecule has 0 spiro atoms. The SMILES string of the molecule is C=C1[C@H](CO)C[C@@H]1n1cnc2c(C)ncnc21. The summed E-state index contributed by atoms with van der Waals surface area (Å²) in [7, 11) is 0. The van der Waals surface area contributed by atoms with Crippen LogP contribution in [0, 0.1) is 12.8 Å². The first-order valence-corrected chi connectivity index (χ1v) is 5.66. The van der Waals surface area contributed by atoms with Gasteiger partial charge in [-0.15, -0.1) is 0 Å². The zero-order valence-corrected chi connectivity index (χ0v) is 9.67. The molecule has 2 heterocycles. The van der Waals surface area contributed by atoms with Gasteiger partial charge in [0, 0.05) is 12.5 Å². The maximum Gasteiger partial charge on any atom is 0.164 e. The van der Waals surface area contributed by atoms with Crippen molar-refractivity contribution in [2.24, 2.45) is 5.92 Å². The fraction of sp³-hybridized carbons (Fsp3) is 0.417. The third-order valence-electron chi connectivity index (χ3n) is 3.56. The minimum absolute atomic E-state index is 0.177. The molecule has 5 heteroatoms. The lowest BCUT2D eigenvalue weighted by molar-refractivity contribution is 0.180. The molecule has 5 nitrogen and oxygen atoms in total. The van der Waals surface area contributed by atoms with E-state index in [1.54, 1.807) is 12.7 Å². The fourth-order valence-electron chi connectivity index (χ4n) is 2.36. The van der Waals surface area contributed by atoms with Crippen molar-refractivity contribution in [3.63, 3.8) is 0 Å². The van der Waals surface area contributed by atoms with Gasteiger partial charge < -0.3 is 9.67 Å². The van der Waals surface area contributed by atoms with Crippen LogP contribution in [0.4, 0.5) is 0 Å². The predicted octanol–water partition coefficient (Wildman–Crippen LogP) is 1.24. The summed E-state index contributed by atoms with van der Waals surface area (Å²) in [5.74, 6) is 0.223. The van der Waals surface area contributed by atoms with E-state index in [-0.39, 0.29) is 18.6 Å². The molecule has 2 aromatic rings. The summed E-state index contributed by atoms with van der Waals surface area (Å²) in [6, 6.07) is 0.214. The quantitative estimate of drug-likeness (QED) is 0.788. The Bertz CT molecular complexity index is 589. The Balaban J connectivity index is 2.03. The molecule has 0 aliphatic heterocycles. The molecule has 0 aromatic carbocycles. The number of hydrogen-bond donors (Lipinski definition) is 1. The minimum Gasteiger partial charge on any atom is -0.396 e. The Kier molecular flexibility index (Phi) is 2.22. The molecule has 1 N–H and O–H groups in total. The van der Waals surface area contributed by atoms with Crippen molar-refractivity contribution in [3.8, 4) is 0 Å². The van der Waals surface area contributed by atoms with E-state index in [1.165, 1.54) is 0 Å². The van der Waals surface area contributed by atoms with Crippen LogP contribution in [-0.4, -0.2) is 31.2 Å². The molecule has 2 atom stereocenters. The number of fused-ring (bicyclic) bond motifs is 1. The molecule has 0 bridgehead atoms. The average Bonchev–Trinajstić information content (AvgIpc) is 2.73. The first-order chi connectivity index (χ1) is 8.22. The Morgan fingerprint density at radius 3 is 3.00 bits per heavy atom. The van der Waals surface area contributed by atoms with Crippen LogP contribution < -0.4 is 0 Å². The summed E-state index contributed by atoms with van der Waals surface area (Å²) in [4.78, 5) is 12.7. The third kappa shape index (κ3) is 1.39. The lowest BCUT2D eigenvalue weighted by atomic mass is 9.76. The number of aryl methyl sites for hydroxylation is 1. The summed E-state index contributed by atoms with van der Waals surface area (Å²) < 4.78 is 2.03. The van der Waals surface area contributed by atoms with Crippen LogP contribution in [-0.2, 0) is 0 Å². The number of imidazole rings is 1. The standard InChI is InChI=1S/C12H14N4O/c1-7-9(4-17)3-10(7)16-6-15-11-8(2)13-5-14-12(11)16/h5-6,9-10,17H,1,3-4H2,2H3/t9-,10-/m0/s1. The molecule has 88 valence electrons. The molecular formula is C12H14N4O. The number of nitrogens with zero attached hydrogens (tertiary/aromatic N) is 4. The van der Waals surface area contributed by atoms with Crippen molar-refractivity contribution in [1.82, 2.24) is 19.5 Å². The second-order valence-corrected chi connectivity index (χ2v) is 4.49. The van der Waals surface area contributed by atoms with E-state index in [9.17, 15) is 0 Å². The number of rotatable bonds is 2. The van der Waals surface area contributed by atoms with Crippen LogP contribution in [0.15, 0.2) is 24.8 Å². The smallest absolute Gasteiger partial charge is 0.164 e. The highest BCUT2D eigenvalue weighted by atomic mass is 16.3. The second kappa shape index (κ2) is 3.63. The minimum atomic E-state index is 0.177. The molecule has 0 radical (unpaired) electrons. The highest BCUT2D eigenvalue weighted by Gasteiger charge is 2.35. The monoisotopic (exact) mass is 230 g/mol. The van der Waals surface area contributed by atoms with Gasteiger partial charge >= 0.3 is 0 Å². The van der Waals surface area contributed by atoms with Crippen LogP contribution in [0.5, 0.6) is 0 Å². The van der Waals surface area contributed by atoms with Crippen LogP contribution >= 0.6 is 0 Å². The first kappa shape index (κ1) is 10.4. The van der Waals surface area contributed by atoms with Gasteiger partial charge in [0.2, 0.25) is 0 Å². The van der Waals surface area contributed by atoms with Gasteiger partial charge in [0.25, 0.3) is 0 Å². The second-order valence-electron chi connectivity index (χ2n) is 4.49. The van der Waals surface area contributed by atoms with Gasteiger partial charge in [0.1, 0.15) is 11.8 Å². The van der Waals surface area contributed by atoms with Gasteiger partial charge in [0.05, 0.1) is 18.1 Å². The predicted molar refractivity (Wildman–Crippen MR) is 63.4 cm³/mol. The first-order valence-electron chi connectivity index (χ1n) is 5.66. The number of aliphatic hydroxyl groups is 1. The molecule has 17 heavy (non-hydrogen) atoms. The maximum absolute atomic E-state index is 9.12. The topological polar surface area (TPSA) is 63.8 Å². The number of aromatic nitrogens is 4. The number of hydrogen-bond acceptors (Lipinski definition) is 4. The van der Waals surface area contributed by atoms with E-state index < -0.39 is 0 Å². The molecule has 1 aliphatic rings. The highest BCUT2D eigenvalue weighted by Crippen LogP contribution is 2.42. The molecule has 1 fully saturated rings. The summed E-state index contributed by atoms with van der Waals surface area (Å²) in [6.07, 6.45) is 4.25. The van der Waals surface area contributed by atoms with Gasteiger partial charge in [-0.1, -0.05) is 6.58 Å². The van der Waals surface area contributed by atoms with E-state index in [2.05, 4.69) is 21.5 Å². The molecule has 0 saturated heterocycles. The summed E-state index contributed by atoms with van der Waals surface area (Å²) in [5, 5.41) is 9.12. The van der Waals surface area contributed by atoms with Gasteiger partial charge in [0.15, 0.2) is 5.65 Å². The largest absolute Gasteiger partial charge is 0.396 e. The zero-order chi connectivity index (χ0) is 12.0. The molecule has 0 amide bonds. The van der Waals surface area contributed by atoms with Crippen molar-refractivity contribution in [2.45, 2.75) is 19.4 Å². The van der Waals surface area contributed by atoms with Crippen molar-refractivity contribution in [1.29, 1.82) is 0 Å². The highest BCUT2D eigenvalue weighted by molar-refractivity contribution is 5.73. The average molecular weight is 230 g/mol. The molecule has 0 unspecified atom stereocenters.